The average Bonchev–Trinajstić information content (AvgIpc) is 3.89. The first kappa shape index (κ1) is 32.8. The highest BCUT2D eigenvalue weighted by Gasteiger charge is 2.52. The van der Waals surface area contributed by atoms with Crippen LogP contribution in [0.15, 0.2) is 160 Å². The van der Waals surface area contributed by atoms with Gasteiger partial charge in [0.05, 0.1) is 11.2 Å². The molecule has 2 aromatic heterocycles. The summed E-state index contributed by atoms with van der Waals surface area (Å²) in [7, 11) is -0.583. The number of fused-ring (bicyclic) bond motifs is 14. The molecule has 57 heavy (non-hydrogen) atoms. The van der Waals surface area contributed by atoms with Gasteiger partial charge in [0, 0.05) is 32.7 Å². The molecule has 0 aliphatic carbocycles. The van der Waals surface area contributed by atoms with E-state index in [1.54, 1.807) is 0 Å². The first-order chi connectivity index (χ1) is 27.7. The molecule has 0 bridgehead atoms. The number of hydrogen-bond donors (Lipinski definition) is 0. The van der Waals surface area contributed by atoms with Gasteiger partial charge in [0.15, 0.2) is 0 Å². The van der Waals surface area contributed by atoms with E-state index in [1.807, 2.05) is 0 Å². The Morgan fingerprint density at radius 1 is 0.386 bits per heavy atom. The van der Waals surface area contributed by atoms with Crippen molar-refractivity contribution in [3.63, 3.8) is 0 Å². The van der Waals surface area contributed by atoms with Gasteiger partial charge in [0.25, 0.3) is 0 Å². The molecular weight excluding hydrogens is 699 g/mol. The van der Waals surface area contributed by atoms with Crippen molar-refractivity contribution in [3.8, 4) is 22.3 Å². The molecule has 0 saturated carbocycles. The van der Waals surface area contributed by atoms with E-state index in [1.165, 1.54) is 32.3 Å². The van der Waals surface area contributed by atoms with Crippen molar-refractivity contribution in [3.05, 3.63) is 152 Å². The van der Waals surface area contributed by atoms with Crippen LogP contribution in [0.3, 0.4) is 0 Å². The molecule has 0 unspecified atom stereocenters. The molecule has 5 heteroatoms. The summed E-state index contributed by atoms with van der Waals surface area (Å²) in [5.41, 5.74) is 7.41. The summed E-state index contributed by atoms with van der Waals surface area (Å²) in [6, 6.07) is 54.3. The van der Waals surface area contributed by atoms with Crippen LogP contribution in [0, 0.1) is 0 Å². The van der Waals surface area contributed by atoms with Crippen LogP contribution in [-0.4, -0.2) is 18.3 Å². The summed E-state index contributed by atoms with van der Waals surface area (Å²) in [6.45, 7) is 8.42. The van der Waals surface area contributed by atoms with E-state index >= 15 is 0 Å². The monoisotopic (exact) mass is 736 g/mol. The zero-order valence-electron chi connectivity index (χ0n) is 32.1. The summed E-state index contributed by atoms with van der Waals surface area (Å²) in [6.07, 6.45) is 0. The Morgan fingerprint density at radius 3 is 1.21 bits per heavy atom. The van der Waals surface area contributed by atoms with Crippen molar-refractivity contribution < 1.29 is 18.1 Å². The summed E-state index contributed by atoms with van der Waals surface area (Å²) in [5.74, 6) is 0. The largest absolute Gasteiger partial charge is 0.494 e. The molecule has 0 amide bonds. The molecule has 11 aromatic rings. The van der Waals surface area contributed by atoms with Gasteiger partial charge in [-0.05, 0) is 118 Å². The smallest absolute Gasteiger partial charge is 0.455 e. The van der Waals surface area contributed by atoms with E-state index in [4.69, 9.17) is 18.1 Å². The van der Waals surface area contributed by atoms with Crippen LogP contribution in [0.5, 0.6) is 0 Å². The molecule has 0 spiro atoms. The molecule has 9 aromatic carbocycles. The fourth-order valence-corrected chi connectivity index (χ4v) is 9.28. The van der Waals surface area contributed by atoms with Gasteiger partial charge in [-0.15, -0.1) is 0 Å². The van der Waals surface area contributed by atoms with E-state index < -0.39 is 18.3 Å². The average molecular weight is 737 g/mol. The standard InChI is InChI=1S/C52H37BO4/c1-51(2)52(3,4)57-53(56-51)36-26-34(41-28-32-15-7-11-19-39(32)47-45-37-17-9-5-13-30(37)21-23-43(45)54-49(41)47)25-35(27-36)42-29-33-16-8-12-20-40(33)48-46-38-18-10-6-14-31(38)22-24-44(46)55-50(42)48/h5-29H,1-4H3. The Kier molecular flexibility index (Phi) is 6.66. The van der Waals surface area contributed by atoms with E-state index in [-0.39, 0.29) is 0 Å². The van der Waals surface area contributed by atoms with Crippen LogP contribution in [0.2, 0.25) is 0 Å². The second-order valence-corrected chi connectivity index (χ2v) is 16.7. The number of furan rings is 2. The molecule has 0 radical (unpaired) electrons. The highest BCUT2D eigenvalue weighted by atomic mass is 16.7. The predicted octanol–water partition coefficient (Wildman–Crippen LogP) is 13.7. The van der Waals surface area contributed by atoms with Gasteiger partial charge in [-0.1, -0.05) is 121 Å². The molecular formula is C52H37BO4. The third-order valence-corrected chi connectivity index (χ3v) is 12.8. The Hall–Kier alpha value is -6.40. The lowest BCUT2D eigenvalue weighted by Crippen LogP contribution is -2.41. The highest BCUT2D eigenvalue weighted by molar-refractivity contribution is 6.62. The van der Waals surface area contributed by atoms with E-state index in [0.717, 1.165) is 82.4 Å². The van der Waals surface area contributed by atoms with Crippen molar-refractivity contribution in [2.45, 2.75) is 38.9 Å². The van der Waals surface area contributed by atoms with Crippen LogP contribution in [0.1, 0.15) is 27.7 Å². The molecule has 0 atom stereocenters. The normalized spacial score (nSPS) is 15.5. The van der Waals surface area contributed by atoms with Crippen molar-refractivity contribution in [2.75, 3.05) is 0 Å². The lowest BCUT2D eigenvalue weighted by atomic mass is 9.76. The minimum absolute atomic E-state index is 0.514. The second kappa shape index (κ2) is 11.6. The van der Waals surface area contributed by atoms with Gasteiger partial charge in [-0.3, -0.25) is 0 Å². The third-order valence-electron chi connectivity index (χ3n) is 12.8. The van der Waals surface area contributed by atoms with Crippen molar-refractivity contribution in [1.29, 1.82) is 0 Å². The number of hydrogen-bond acceptors (Lipinski definition) is 4. The van der Waals surface area contributed by atoms with Gasteiger partial charge in [0.1, 0.15) is 22.3 Å². The molecule has 4 nitrogen and oxygen atoms in total. The molecule has 1 aliphatic heterocycles. The fraction of sp³-hybridized carbons (Fsp3) is 0.115. The molecule has 1 aliphatic rings. The van der Waals surface area contributed by atoms with Gasteiger partial charge in [-0.2, -0.15) is 0 Å². The van der Waals surface area contributed by atoms with Gasteiger partial charge >= 0.3 is 7.12 Å². The van der Waals surface area contributed by atoms with Crippen LogP contribution in [0.4, 0.5) is 0 Å². The summed E-state index contributed by atoms with van der Waals surface area (Å²) in [5, 5.41) is 13.9. The van der Waals surface area contributed by atoms with Crippen molar-refractivity contribution >= 4 is 99.5 Å². The van der Waals surface area contributed by atoms with Crippen LogP contribution in [0.25, 0.3) is 109 Å². The molecule has 0 N–H and O–H groups in total. The zero-order chi connectivity index (χ0) is 38.2. The number of benzene rings is 9. The van der Waals surface area contributed by atoms with Crippen LogP contribution < -0.4 is 5.46 Å². The zero-order valence-corrected chi connectivity index (χ0v) is 32.1. The first-order valence-electron chi connectivity index (χ1n) is 19.8. The van der Waals surface area contributed by atoms with Crippen molar-refractivity contribution in [1.82, 2.24) is 0 Å². The summed E-state index contributed by atoms with van der Waals surface area (Å²) in [4.78, 5) is 0. The molecule has 272 valence electrons. The van der Waals surface area contributed by atoms with Gasteiger partial charge < -0.3 is 18.1 Å². The highest BCUT2D eigenvalue weighted by Crippen LogP contribution is 2.47. The minimum atomic E-state index is -0.583. The van der Waals surface area contributed by atoms with Crippen LogP contribution >= 0.6 is 0 Å². The molecule has 12 rings (SSSR count). The SMILES string of the molecule is CC1(C)OB(c2cc(-c3cc4ccccc4c4c3oc3ccc5ccccc5c34)cc(-c3cc4ccccc4c4c3oc3ccc5ccccc5c34)c2)OC1(C)C. The summed E-state index contributed by atoms with van der Waals surface area (Å²) < 4.78 is 27.5. The van der Waals surface area contributed by atoms with E-state index in [9.17, 15) is 0 Å². The molecule has 1 saturated heterocycles. The maximum absolute atomic E-state index is 6.96. The maximum Gasteiger partial charge on any atom is 0.494 e. The fourth-order valence-electron chi connectivity index (χ4n) is 9.28. The predicted molar refractivity (Wildman–Crippen MR) is 238 cm³/mol. The topological polar surface area (TPSA) is 44.7 Å². The first-order valence-corrected chi connectivity index (χ1v) is 19.8. The minimum Gasteiger partial charge on any atom is -0.455 e. The maximum atomic E-state index is 6.96. The molecule has 3 heterocycles. The lowest BCUT2D eigenvalue weighted by Gasteiger charge is -2.32. The summed E-state index contributed by atoms with van der Waals surface area (Å²) >= 11 is 0. The van der Waals surface area contributed by atoms with Gasteiger partial charge in [0.2, 0.25) is 0 Å². The Bertz CT molecular complexity index is 3270. The van der Waals surface area contributed by atoms with Gasteiger partial charge in [-0.25, -0.2) is 0 Å². The van der Waals surface area contributed by atoms with Crippen molar-refractivity contribution in [2.24, 2.45) is 0 Å². The quantitative estimate of drug-likeness (QED) is 0.169. The van der Waals surface area contributed by atoms with Crippen LogP contribution in [-0.2, 0) is 9.31 Å². The number of rotatable bonds is 3. The Labute approximate surface area is 329 Å². The molecule has 1 fully saturated rings. The van der Waals surface area contributed by atoms with E-state index in [0.29, 0.717) is 0 Å². The van der Waals surface area contributed by atoms with E-state index in [2.05, 4.69) is 179 Å². The Balaban J connectivity index is 1.20. The Morgan fingerprint density at radius 2 is 0.772 bits per heavy atom. The second-order valence-electron chi connectivity index (χ2n) is 16.7. The lowest BCUT2D eigenvalue weighted by molar-refractivity contribution is 0.00578. The third kappa shape index (κ3) is 4.70.